The van der Waals surface area contributed by atoms with E-state index in [4.69, 9.17) is 4.74 Å². The van der Waals surface area contributed by atoms with Gasteiger partial charge < -0.3 is 10.1 Å². The molecule has 0 bridgehead atoms. The van der Waals surface area contributed by atoms with Crippen molar-refractivity contribution in [1.29, 1.82) is 0 Å². The minimum atomic E-state index is 0.921. The zero-order chi connectivity index (χ0) is 12.0. The Morgan fingerprint density at radius 1 is 1.06 bits per heavy atom. The maximum atomic E-state index is 5.28. The summed E-state index contributed by atoms with van der Waals surface area (Å²) in [6.45, 7) is 4.00. The monoisotopic (exact) mass is 217 g/mol. The molecule has 0 atom stereocenters. The van der Waals surface area contributed by atoms with Crippen molar-refractivity contribution < 1.29 is 4.74 Å². The summed E-state index contributed by atoms with van der Waals surface area (Å²) in [6.07, 6.45) is 0. The van der Waals surface area contributed by atoms with E-state index in [0.29, 0.717) is 0 Å². The Bertz CT molecular complexity index is 451. The van der Waals surface area contributed by atoms with Gasteiger partial charge in [-0.3, -0.25) is 0 Å². The highest BCUT2D eigenvalue weighted by molar-refractivity contribution is 5.90. The summed E-state index contributed by atoms with van der Waals surface area (Å²) in [5.74, 6) is 0.921. The molecule has 0 heterocycles. The third-order valence-electron chi connectivity index (χ3n) is 2.35. The van der Waals surface area contributed by atoms with Crippen LogP contribution in [0.25, 0.3) is 10.8 Å². The Morgan fingerprint density at radius 2 is 1.81 bits per heavy atom. The van der Waals surface area contributed by atoms with Crippen molar-refractivity contribution in [3.8, 4) is 5.75 Å². The van der Waals surface area contributed by atoms with E-state index in [2.05, 4.69) is 23.5 Å². The van der Waals surface area contributed by atoms with E-state index in [9.17, 15) is 0 Å². The third-order valence-corrected chi connectivity index (χ3v) is 2.35. The first kappa shape index (κ1) is 12.4. The van der Waals surface area contributed by atoms with Crippen molar-refractivity contribution >= 4 is 16.5 Å². The second-order valence-corrected chi connectivity index (χ2v) is 3.15. The maximum Gasteiger partial charge on any atom is 0.126 e. The van der Waals surface area contributed by atoms with Crippen LogP contribution in [0.4, 0.5) is 5.69 Å². The number of nitrogens with one attached hydrogen (secondary N) is 1. The molecular formula is C14H19NO. The SMILES string of the molecule is CC.CNc1ccc2c(OC)cccc2c1. The Kier molecular flexibility index (Phi) is 4.65. The normalized spacial score (nSPS) is 9.25. The minimum absolute atomic E-state index is 0.921. The molecule has 0 radical (unpaired) electrons. The summed E-state index contributed by atoms with van der Waals surface area (Å²) in [5, 5.41) is 5.45. The molecule has 16 heavy (non-hydrogen) atoms. The smallest absolute Gasteiger partial charge is 0.126 e. The van der Waals surface area contributed by atoms with Gasteiger partial charge in [-0.15, -0.1) is 0 Å². The van der Waals surface area contributed by atoms with Crippen molar-refractivity contribution in [2.75, 3.05) is 19.5 Å². The summed E-state index contributed by atoms with van der Waals surface area (Å²) < 4.78 is 5.28. The van der Waals surface area contributed by atoms with Crippen LogP contribution in [0.2, 0.25) is 0 Å². The highest BCUT2D eigenvalue weighted by Gasteiger charge is 2.00. The van der Waals surface area contributed by atoms with Crippen molar-refractivity contribution in [2.24, 2.45) is 0 Å². The molecule has 0 spiro atoms. The van der Waals surface area contributed by atoms with Crippen LogP contribution in [0.15, 0.2) is 36.4 Å². The lowest BCUT2D eigenvalue weighted by Gasteiger charge is -2.06. The van der Waals surface area contributed by atoms with Crippen LogP contribution in [0.1, 0.15) is 13.8 Å². The second-order valence-electron chi connectivity index (χ2n) is 3.15. The predicted molar refractivity (Wildman–Crippen MR) is 71.4 cm³/mol. The van der Waals surface area contributed by atoms with Crippen molar-refractivity contribution in [3.05, 3.63) is 36.4 Å². The van der Waals surface area contributed by atoms with Crippen molar-refractivity contribution in [1.82, 2.24) is 0 Å². The standard InChI is InChI=1S/C12H13NO.C2H6/c1-13-10-6-7-11-9(8-10)4-3-5-12(11)14-2;1-2/h3-8,13H,1-2H3;1-2H3. The molecule has 2 rings (SSSR count). The molecular weight excluding hydrogens is 198 g/mol. The molecule has 0 aliphatic carbocycles. The maximum absolute atomic E-state index is 5.28. The van der Waals surface area contributed by atoms with Crippen LogP contribution in [-0.4, -0.2) is 14.2 Å². The van der Waals surface area contributed by atoms with Crippen molar-refractivity contribution in [2.45, 2.75) is 13.8 Å². The lowest BCUT2D eigenvalue weighted by Crippen LogP contribution is -1.88. The number of anilines is 1. The lowest BCUT2D eigenvalue weighted by atomic mass is 10.1. The third kappa shape index (κ3) is 2.45. The Labute approximate surface area is 97.2 Å². The molecule has 0 aliphatic heterocycles. The molecule has 2 aromatic carbocycles. The van der Waals surface area contributed by atoms with Crippen LogP contribution < -0.4 is 10.1 Å². The lowest BCUT2D eigenvalue weighted by molar-refractivity contribution is 0.420. The molecule has 0 amide bonds. The number of hydrogen-bond donors (Lipinski definition) is 1. The van der Waals surface area contributed by atoms with Crippen LogP contribution in [0.5, 0.6) is 5.75 Å². The molecule has 2 aromatic rings. The molecule has 0 aliphatic rings. The zero-order valence-corrected chi connectivity index (χ0v) is 10.4. The summed E-state index contributed by atoms with van der Waals surface area (Å²) >= 11 is 0. The van der Waals surface area contributed by atoms with E-state index in [1.807, 2.05) is 39.1 Å². The molecule has 0 saturated carbocycles. The average molecular weight is 217 g/mol. The summed E-state index contributed by atoms with van der Waals surface area (Å²) in [7, 11) is 3.61. The van der Waals surface area contributed by atoms with Gasteiger partial charge in [-0.05, 0) is 29.7 Å². The zero-order valence-electron chi connectivity index (χ0n) is 10.4. The van der Waals surface area contributed by atoms with Gasteiger partial charge in [-0.2, -0.15) is 0 Å². The van der Waals surface area contributed by atoms with Crippen molar-refractivity contribution in [3.63, 3.8) is 0 Å². The molecule has 0 unspecified atom stereocenters. The molecule has 0 fully saturated rings. The molecule has 86 valence electrons. The fourth-order valence-corrected chi connectivity index (χ4v) is 1.59. The first-order valence-corrected chi connectivity index (χ1v) is 5.59. The largest absolute Gasteiger partial charge is 0.496 e. The molecule has 0 aromatic heterocycles. The Balaban J connectivity index is 0.000000606. The van der Waals surface area contributed by atoms with E-state index in [-0.39, 0.29) is 0 Å². The van der Waals surface area contributed by atoms with E-state index < -0.39 is 0 Å². The fourth-order valence-electron chi connectivity index (χ4n) is 1.59. The van der Waals surface area contributed by atoms with Gasteiger partial charge in [0.05, 0.1) is 7.11 Å². The van der Waals surface area contributed by atoms with E-state index in [0.717, 1.165) is 16.8 Å². The van der Waals surface area contributed by atoms with Crippen LogP contribution >= 0.6 is 0 Å². The second kappa shape index (κ2) is 6.01. The van der Waals surface area contributed by atoms with Gasteiger partial charge >= 0.3 is 0 Å². The number of rotatable bonds is 2. The highest BCUT2D eigenvalue weighted by atomic mass is 16.5. The summed E-state index contributed by atoms with van der Waals surface area (Å²) in [5.41, 5.74) is 1.12. The number of ether oxygens (including phenoxy) is 1. The Morgan fingerprint density at radius 3 is 2.44 bits per heavy atom. The van der Waals surface area contributed by atoms with Gasteiger partial charge in [0.15, 0.2) is 0 Å². The quantitative estimate of drug-likeness (QED) is 0.823. The van der Waals surface area contributed by atoms with Gasteiger partial charge in [-0.1, -0.05) is 26.0 Å². The average Bonchev–Trinajstić information content (AvgIpc) is 2.39. The van der Waals surface area contributed by atoms with Gasteiger partial charge in [0.25, 0.3) is 0 Å². The van der Waals surface area contributed by atoms with E-state index in [1.54, 1.807) is 7.11 Å². The minimum Gasteiger partial charge on any atom is -0.496 e. The van der Waals surface area contributed by atoms with Crippen LogP contribution in [0, 0.1) is 0 Å². The van der Waals surface area contributed by atoms with Gasteiger partial charge in [0, 0.05) is 18.1 Å². The number of fused-ring (bicyclic) bond motifs is 1. The topological polar surface area (TPSA) is 21.3 Å². The first-order chi connectivity index (χ1) is 7.85. The first-order valence-electron chi connectivity index (χ1n) is 5.59. The summed E-state index contributed by atoms with van der Waals surface area (Å²) in [4.78, 5) is 0. The Hall–Kier alpha value is -1.70. The molecule has 2 nitrogen and oxygen atoms in total. The van der Waals surface area contributed by atoms with Gasteiger partial charge in [-0.25, -0.2) is 0 Å². The highest BCUT2D eigenvalue weighted by Crippen LogP contribution is 2.27. The molecule has 2 heteroatoms. The summed E-state index contributed by atoms with van der Waals surface area (Å²) in [6, 6.07) is 12.3. The molecule has 1 N–H and O–H groups in total. The molecule has 0 saturated heterocycles. The van der Waals surface area contributed by atoms with Gasteiger partial charge in [0.1, 0.15) is 5.75 Å². The van der Waals surface area contributed by atoms with Crippen LogP contribution in [-0.2, 0) is 0 Å². The van der Waals surface area contributed by atoms with Crippen LogP contribution in [0.3, 0.4) is 0 Å². The van der Waals surface area contributed by atoms with E-state index >= 15 is 0 Å². The number of methoxy groups -OCH3 is 1. The predicted octanol–water partition coefficient (Wildman–Crippen LogP) is 3.92. The van der Waals surface area contributed by atoms with Gasteiger partial charge in [0.2, 0.25) is 0 Å². The fraction of sp³-hybridized carbons (Fsp3) is 0.286. The van der Waals surface area contributed by atoms with E-state index in [1.165, 1.54) is 5.39 Å². The number of hydrogen-bond acceptors (Lipinski definition) is 2. The number of benzene rings is 2.